The molecule has 0 saturated heterocycles. The lowest BCUT2D eigenvalue weighted by molar-refractivity contribution is -0.184. The van der Waals surface area contributed by atoms with Crippen LogP contribution in [0.15, 0.2) is 35.5 Å². The number of ether oxygens (including phenoxy) is 3. The Morgan fingerprint density at radius 2 is 2.32 bits per heavy atom. The zero-order valence-electron chi connectivity index (χ0n) is 11.3. The monoisotopic (exact) mass is 263 g/mol. The van der Waals surface area contributed by atoms with Crippen molar-refractivity contribution in [3.63, 3.8) is 0 Å². The molecule has 0 aromatic carbocycles. The maximum absolute atomic E-state index is 11.4. The molecule has 19 heavy (non-hydrogen) atoms. The van der Waals surface area contributed by atoms with E-state index in [1.807, 2.05) is 13.0 Å². The van der Waals surface area contributed by atoms with Crippen molar-refractivity contribution in [2.75, 3.05) is 20.8 Å². The standard InChI is InChI=1S/C14H17NO4/c1-4-19-14(18-3)7-5-6-11(9-14)8-12(10-15)13(16)17-2/h5-8H,4,9H2,1-3H3. The van der Waals surface area contributed by atoms with Gasteiger partial charge in [-0.2, -0.15) is 5.26 Å². The van der Waals surface area contributed by atoms with E-state index in [-0.39, 0.29) is 5.57 Å². The van der Waals surface area contributed by atoms with Crippen molar-refractivity contribution in [3.8, 4) is 6.07 Å². The number of esters is 1. The van der Waals surface area contributed by atoms with Crippen molar-refractivity contribution in [2.45, 2.75) is 19.1 Å². The van der Waals surface area contributed by atoms with Crippen LogP contribution in [0.3, 0.4) is 0 Å². The van der Waals surface area contributed by atoms with Gasteiger partial charge in [0.05, 0.1) is 7.11 Å². The van der Waals surface area contributed by atoms with Gasteiger partial charge >= 0.3 is 5.97 Å². The van der Waals surface area contributed by atoms with E-state index in [1.54, 1.807) is 25.3 Å². The molecule has 102 valence electrons. The van der Waals surface area contributed by atoms with E-state index in [0.29, 0.717) is 13.0 Å². The molecule has 0 aromatic heterocycles. The fourth-order valence-corrected chi connectivity index (χ4v) is 1.79. The number of carbonyl (C=O) groups excluding carboxylic acids is 1. The second-order valence-electron chi connectivity index (χ2n) is 3.89. The van der Waals surface area contributed by atoms with E-state index in [1.165, 1.54) is 13.2 Å². The molecule has 0 aromatic rings. The van der Waals surface area contributed by atoms with Crippen LogP contribution in [0.5, 0.6) is 0 Å². The summed E-state index contributed by atoms with van der Waals surface area (Å²) >= 11 is 0. The molecule has 1 atom stereocenters. The summed E-state index contributed by atoms with van der Waals surface area (Å²) in [7, 11) is 2.79. The van der Waals surface area contributed by atoms with Crippen molar-refractivity contribution in [2.24, 2.45) is 0 Å². The second kappa shape index (κ2) is 6.88. The average molecular weight is 263 g/mol. The molecule has 0 radical (unpaired) electrons. The van der Waals surface area contributed by atoms with Crippen LogP contribution in [0.2, 0.25) is 0 Å². The third kappa shape index (κ3) is 3.78. The highest BCUT2D eigenvalue weighted by Gasteiger charge is 2.30. The maximum Gasteiger partial charge on any atom is 0.348 e. The summed E-state index contributed by atoms with van der Waals surface area (Å²) < 4.78 is 15.5. The summed E-state index contributed by atoms with van der Waals surface area (Å²) in [5.41, 5.74) is 0.713. The predicted octanol–water partition coefficient (Wildman–Crippen LogP) is 1.87. The van der Waals surface area contributed by atoms with Crippen LogP contribution < -0.4 is 0 Å². The zero-order chi connectivity index (χ0) is 14.3. The van der Waals surface area contributed by atoms with Gasteiger partial charge in [-0.3, -0.25) is 0 Å². The number of methoxy groups -OCH3 is 2. The van der Waals surface area contributed by atoms with Gasteiger partial charge in [-0.25, -0.2) is 4.79 Å². The number of rotatable bonds is 5. The van der Waals surface area contributed by atoms with Gasteiger partial charge in [-0.05, 0) is 24.6 Å². The van der Waals surface area contributed by atoms with Crippen LogP contribution in [0.4, 0.5) is 0 Å². The van der Waals surface area contributed by atoms with Gasteiger partial charge in [-0.1, -0.05) is 12.2 Å². The Bertz CT molecular complexity index is 470. The molecule has 1 aliphatic rings. The average Bonchev–Trinajstić information content (AvgIpc) is 2.44. The van der Waals surface area contributed by atoms with E-state index < -0.39 is 11.8 Å². The van der Waals surface area contributed by atoms with Gasteiger partial charge in [0.1, 0.15) is 11.6 Å². The van der Waals surface area contributed by atoms with Crippen molar-refractivity contribution in [3.05, 3.63) is 35.5 Å². The molecule has 1 aliphatic carbocycles. The molecule has 0 aliphatic heterocycles. The lowest BCUT2D eigenvalue weighted by atomic mass is 9.97. The van der Waals surface area contributed by atoms with Crippen molar-refractivity contribution in [1.29, 1.82) is 5.26 Å². The summed E-state index contributed by atoms with van der Waals surface area (Å²) in [5, 5.41) is 8.92. The first-order chi connectivity index (χ1) is 9.10. The first-order valence-corrected chi connectivity index (χ1v) is 5.88. The number of allylic oxidation sites excluding steroid dienone is 3. The minimum Gasteiger partial charge on any atom is -0.465 e. The first kappa shape index (κ1) is 15.2. The molecule has 0 bridgehead atoms. The molecule has 0 heterocycles. The third-order valence-corrected chi connectivity index (χ3v) is 2.70. The van der Waals surface area contributed by atoms with E-state index in [0.717, 1.165) is 5.57 Å². The minimum absolute atomic E-state index is 0.0504. The van der Waals surface area contributed by atoms with Gasteiger partial charge in [0.2, 0.25) is 0 Å². The van der Waals surface area contributed by atoms with Crippen LogP contribution in [0.25, 0.3) is 0 Å². The van der Waals surface area contributed by atoms with E-state index in [4.69, 9.17) is 14.7 Å². The van der Waals surface area contributed by atoms with Gasteiger partial charge in [-0.15, -0.1) is 0 Å². The minimum atomic E-state index is -0.841. The third-order valence-electron chi connectivity index (χ3n) is 2.70. The molecular formula is C14H17NO4. The SMILES string of the molecule is CCOC1(OC)C=CC=C(C=C(C#N)C(=O)OC)C1. The molecule has 0 fully saturated rings. The Kier molecular flexibility index (Phi) is 5.49. The molecular weight excluding hydrogens is 246 g/mol. The van der Waals surface area contributed by atoms with Crippen LogP contribution in [0.1, 0.15) is 13.3 Å². The molecule has 5 heteroatoms. The summed E-state index contributed by atoms with van der Waals surface area (Å²) in [5.74, 6) is -1.50. The summed E-state index contributed by atoms with van der Waals surface area (Å²) in [4.78, 5) is 11.4. The van der Waals surface area contributed by atoms with Gasteiger partial charge in [0, 0.05) is 20.1 Å². The van der Waals surface area contributed by atoms with E-state index in [2.05, 4.69) is 4.74 Å². The van der Waals surface area contributed by atoms with Crippen LogP contribution in [0, 0.1) is 11.3 Å². The molecule has 1 rings (SSSR count). The maximum atomic E-state index is 11.4. The van der Waals surface area contributed by atoms with Gasteiger partial charge in [0.15, 0.2) is 5.79 Å². The Hall–Kier alpha value is -1.90. The van der Waals surface area contributed by atoms with Gasteiger partial charge < -0.3 is 14.2 Å². The first-order valence-electron chi connectivity index (χ1n) is 5.88. The lowest BCUT2D eigenvalue weighted by Gasteiger charge is -2.31. The zero-order valence-corrected chi connectivity index (χ0v) is 11.3. The van der Waals surface area contributed by atoms with Crippen LogP contribution in [-0.2, 0) is 19.0 Å². The fraction of sp³-hybridized carbons (Fsp3) is 0.429. The highest BCUT2D eigenvalue weighted by molar-refractivity contribution is 5.93. The summed E-state index contributed by atoms with van der Waals surface area (Å²) in [6.45, 7) is 2.37. The number of nitrogens with zero attached hydrogens (tertiary/aromatic N) is 1. The summed E-state index contributed by atoms with van der Waals surface area (Å²) in [6, 6.07) is 1.82. The van der Waals surface area contributed by atoms with Crippen LogP contribution >= 0.6 is 0 Å². The number of hydrogen-bond acceptors (Lipinski definition) is 5. The van der Waals surface area contributed by atoms with Crippen molar-refractivity contribution < 1.29 is 19.0 Å². The molecule has 0 saturated carbocycles. The summed E-state index contributed by atoms with van der Waals surface area (Å²) in [6.07, 6.45) is 7.30. The largest absolute Gasteiger partial charge is 0.465 e. The fourth-order valence-electron chi connectivity index (χ4n) is 1.79. The molecule has 0 amide bonds. The van der Waals surface area contributed by atoms with Crippen molar-refractivity contribution >= 4 is 5.97 Å². The van der Waals surface area contributed by atoms with E-state index >= 15 is 0 Å². The number of carbonyl (C=O) groups is 1. The highest BCUT2D eigenvalue weighted by Crippen LogP contribution is 2.28. The molecule has 0 spiro atoms. The Balaban J connectivity index is 2.95. The van der Waals surface area contributed by atoms with Gasteiger partial charge in [0.25, 0.3) is 0 Å². The molecule has 0 N–H and O–H groups in total. The predicted molar refractivity (Wildman–Crippen MR) is 68.9 cm³/mol. The van der Waals surface area contributed by atoms with E-state index in [9.17, 15) is 4.79 Å². The molecule has 5 nitrogen and oxygen atoms in total. The normalized spacial score (nSPS) is 22.6. The number of nitriles is 1. The number of hydrogen-bond donors (Lipinski definition) is 0. The van der Waals surface area contributed by atoms with Crippen molar-refractivity contribution in [1.82, 2.24) is 0 Å². The highest BCUT2D eigenvalue weighted by atomic mass is 16.7. The smallest absolute Gasteiger partial charge is 0.348 e. The Morgan fingerprint density at radius 3 is 2.84 bits per heavy atom. The lowest BCUT2D eigenvalue weighted by Crippen LogP contribution is -2.34. The van der Waals surface area contributed by atoms with Crippen LogP contribution in [-0.4, -0.2) is 32.6 Å². The second-order valence-corrected chi connectivity index (χ2v) is 3.89. The quantitative estimate of drug-likeness (QED) is 0.328. The Morgan fingerprint density at radius 1 is 1.58 bits per heavy atom. The topological polar surface area (TPSA) is 68.5 Å². The molecule has 1 unspecified atom stereocenters. The Labute approximate surface area is 112 Å².